The lowest BCUT2D eigenvalue weighted by atomic mass is 9.88. The van der Waals surface area contributed by atoms with Crippen LogP contribution in [0, 0.1) is 12.8 Å². The van der Waals surface area contributed by atoms with E-state index < -0.39 is 0 Å². The average Bonchev–Trinajstić information content (AvgIpc) is 3.03. The highest BCUT2D eigenvalue weighted by molar-refractivity contribution is 5.14. The molecule has 1 unspecified atom stereocenters. The zero-order valence-corrected chi connectivity index (χ0v) is 11.3. The van der Waals surface area contributed by atoms with Crippen LogP contribution in [0.25, 0.3) is 0 Å². The van der Waals surface area contributed by atoms with Crippen LogP contribution in [0.5, 0.6) is 0 Å². The summed E-state index contributed by atoms with van der Waals surface area (Å²) in [7, 11) is 0. The van der Waals surface area contributed by atoms with Gasteiger partial charge < -0.3 is 9.73 Å². The number of hydrogen-bond donors (Lipinski definition) is 1. The summed E-state index contributed by atoms with van der Waals surface area (Å²) in [4.78, 5) is 2.54. The normalized spacial score (nSPS) is 26.8. The topological polar surface area (TPSA) is 28.4 Å². The van der Waals surface area contributed by atoms with E-state index in [1.807, 2.05) is 0 Å². The Labute approximate surface area is 110 Å². The number of piperidine rings is 1. The van der Waals surface area contributed by atoms with Crippen LogP contribution in [-0.4, -0.2) is 30.6 Å². The van der Waals surface area contributed by atoms with Gasteiger partial charge in [-0.25, -0.2) is 0 Å². The first kappa shape index (κ1) is 12.2. The summed E-state index contributed by atoms with van der Waals surface area (Å²) in [6, 6.07) is 2.86. The van der Waals surface area contributed by atoms with Gasteiger partial charge in [0, 0.05) is 6.04 Å². The number of rotatable bonds is 3. The summed E-state index contributed by atoms with van der Waals surface area (Å²) < 4.78 is 5.54. The van der Waals surface area contributed by atoms with E-state index in [1.54, 1.807) is 6.26 Å². The highest BCUT2D eigenvalue weighted by Gasteiger charge is 2.28. The van der Waals surface area contributed by atoms with Crippen LogP contribution in [-0.2, 0) is 6.54 Å². The molecule has 3 heterocycles. The van der Waals surface area contributed by atoms with Crippen LogP contribution >= 0.6 is 0 Å². The molecule has 2 saturated heterocycles. The second kappa shape index (κ2) is 5.45. The van der Waals surface area contributed by atoms with Crippen molar-refractivity contribution in [3.8, 4) is 0 Å². The molecule has 1 atom stereocenters. The maximum absolute atomic E-state index is 5.54. The summed E-state index contributed by atoms with van der Waals surface area (Å²) in [6.07, 6.45) is 7.26. The van der Waals surface area contributed by atoms with Crippen LogP contribution < -0.4 is 5.32 Å². The molecule has 18 heavy (non-hydrogen) atoms. The van der Waals surface area contributed by atoms with Gasteiger partial charge in [0.25, 0.3) is 0 Å². The van der Waals surface area contributed by atoms with Crippen molar-refractivity contribution >= 4 is 0 Å². The fraction of sp³-hybridized carbons (Fsp3) is 0.733. The van der Waals surface area contributed by atoms with Gasteiger partial charge in [0.2, 0.25) is 0 Å². The van der Waals surface area contributed by atoms with Crippen LogP contribution in [0.3, 0.4) is 0 Å². The van der Waals surface area contributed by atoms with E-state index in [1.165, 1.54) is 50.9 Å². The van der Waals surface area contributed by atoms with Crippen molar-refractivity contribution in [1.29, 1.82) is 0 Å². The summed E-state index contributed by atoms with van der Waals surface area (Å²) >= 11 is 0. The second-order valence-corrected chi connectivity index (χ2v) is 5.84. The van der Waals surface area contributed by atoms with Gasteiger partial charge >= 0.3 is 0 Å². The number of nitrogens with one attached hydrogen (secondary N) is 1. The largest absolute Gasteiger partial charge is 0.468 e. The van der Waals surface area contributed by atoms with Gasteiger partial charge in [0.1, 0.15) is 5.76 Å². The fourth-order valence-electron chi connectivity index (χ4n) is 3.40. The SMILES string of the molecule is Cc1ccoc1CN1CCC(C2CCCN2)CC1. The Morgan fingerprint density at radius 1 is 1.33 bits per heavy atom. The van der Waals surface area contributed by atoms with E-state index in [-0.39, 0.29) is 0 Å². The van der Waals surface area contributed by atoms with Crippen molar-refractivity contribution < 1.29 is 4.42 Å². The van der Waals surface area contributed by atoms with E-state index in [0.717, 1.165) is 24.3 Å². The summed E-state index contributed by atoms with van der Waals surface area (Å²) in [5.74, 6) is 2.05. The van der Waals surface area contributed by atoms with E-state index >= 15 is 0 Å². The molecule has 0 radical (unpaired) electrons. The molecule has 100 valence electrons. The maximum Gasteiger partial charge on any atom is 0.120 e. The van der Waals surface area contributed by atoms with Gasteiger partial charge in [-0.05, 0) is 69.8 Å². The highest BCUT2D eigenvalue weighted by Crippen LogP contribution is 2.26. The number of nitrogens with zero attached hydrogens (tertiary/aromatic N) is 1. The third-order valence-electron chi connectivity index (χ3n) is 4.64. The summed E-state index contributed by atoms with van der Waals surface area (Å²) in [6.45, 7) is 6.81. The minimum absolute atomic E-state index is 0.803. The smallest absolute Gasteiger partial charge is 0.120 e. The van der Waals surface area contributed by atoms with Crippen LogP contribution in [0.2, 0.25) is 0 Å². The van der Waals surface area contributed by atoms with E-state index in [4.69, 9.17) is 4.42 Å². The zero-order valence-electron chi connectivity index (χ0n) is 11.3. The van der Waals surface area contributed by atoms with Gasteiger partial charge in [0.15, 0.2) is 0 Å². The summed E-state index contributed by atoms with van der Waals surface area (Å²) in [5, 5.41) is 3.66. The fourth-order valence-corrected chi connectivity index (χ4v) is 3.40. The third kappa shape index (κ3) is 2.62. The zero-order chi connectivity index (χ0) is 12.4. The Hall–Kier alpha value is -0.800. The lowest BCUT2D eigenvalue weighted by Gasteiger charge is -2.34. The minimum Gasteiger partial charge on any atom is -0.468 e. The Bertz CT molecular complexity index is 374. The molecule has 0 spiro atoms. The molecule has 2 fully saturated rings. The molecule has 1 aromatic heterocycles. The predicted molar refractivity (Wildman–Crippen MR) is 72.5 cm³/mol. The summed E-state index contributed by atoms with van der Waals surface area (Å²) in [5.41, 5.74) is 1.29. The van der Waals surface area contributed by atoms with Gasteiger partial charge in [-0.3, -0.25) is 4.90 Å². The standard InChI is InChI=1S/C15H24N2O/c1-12-6-10-18-15(12)11-17-8-4-13(5-9-17)14-3-2-7-16-14/h6,10,13-14,16H,2-5,7-9,11H2,1H3. The molecular weight excluding hydrogens is 224 g/mol. The predicted octanol–water partition coefficient (Wildman–Crippen LogP) is 2.55. The Morgan fingerprint density at radius 2 is 2.17 bits per heavy atom. The number of aryl methyl sites for hydroxylation is 1. The second-order valence-electron chi connectivity index (χ2n) is 5.84. The first-order valence-electron chi connectivity index (χ1n) is 7.31. The highest BCUT2D eigenvalue weighted by atomic mass is 16.3. The number of likely N-dealkylation sites (tertiary alicyclic amines) is 1. The Morgan fingerprint density at radius 3 is 2.78 bits per heavy atom. The van der Waals surface area contributed by atoms with Crippen molar-refractivity contribution in [2.45, 2.75) is 45.2 Å². The van der Waals surface area contributed by atoms with Gasteiger partial charge in [-0.15, -0.1) is 0 Å². The number of hydrogen-bond acceptors (Lipinski definition) is 3. The lowest BCUT2D eigenvalue weighted by Crippen LogP contribution is -2.40. The van der Waals surface area contributed by atoms with Crippen molar-refractivity contribution in [1.82, 2.24) is 10.2 Å². The molecule has 3 rings (SSSR count). The molecular formula is C15H24N2O. The van der Waals surface area contributed by atoms with Gasteiger partial charge in [0.05, 0.1) is 12.8 Å². The Kier molecular flexibility index (Phi) is 3.71. The van der Waals surface area contributed by atoms with Crippen molar-refractivity contribution in [2.75, 3.05) is 19.6 Å². The lowest BCUT2D eigenvalue weighted by molar-refractivity contribution is 0.148. The van der Waals surface area contributed by atoms with Crippen LogP contribution in [0.1, 0.15) is 37.0 Å². The molecule has 2 aliphatic rings. The van der Waals surface area contributed by atoms with E-state index in [0.29, 0.717) is 0 Å². The molecule has 1 aromatic rings. The van der Waals surface area contributed by atoms with Gasteiger partial charge in [-0.1, -0.05) is 0 Å². The molecule has 0 amide bonds. The quantitative estimate of drug-likeness (QED) is 0.891. The molecule has 1 N–H and O–H groups in total. The van der Waals surface area contributed by atoms with E-state index in [9.17, 15) is 0 Å². The third-order valence-corrected chi connectivity index (χ3v) is 4.64. The van der Waals surface area contributed by atoms with Crippen LogP contribution in [0.15, 0.2) is 16.7 Å². The average molecular weight is 248 g/mol. The maximum atomic E-state index is 5.54. The first-order valence-corrected chi connectivity index (χ1v) is 7.31. The molecule has 3 nitrogen and oxygen atoms in total. The number of furan rings is 1. The van der Waals surface area contributed by atoms with Crippen molar-refractivity contribution in [3.63, 3.8) is 0 Å². The minimum atomic E-state index is 0.803. The molecule has 0 aromatic carbocycles. The Balaban J connectivity index is 1.49. The van der Waals surface area contributed by atoms with Crippen LogP contribution in [0.4, 0.5) is 0 Å². The monoisotopic (exact) mass is 248 g/mol. The molecule has 0 bridgehead atoms. The molecule has 3 heteroatoms. The van der Waals surface area contributed by atoms with Gasteiger partial charge in [-0.2, -0.15) is 0 Å². The molecule has 2 aliphatic heterocycles. The molecule has 0 saturated carbocycles. The molecule has 0 aliphatic carbocycles. The first-order chi connectivity index (χ1) is 8.83. The van der Waals surface area contributed by atoms with Crippen molar-refractivity contribution in [2.24, 2.45) is 5.92 Å². The van der Waals surface area contributed by atoms with Crippen molar-refractivity contribution in [3.05, 3.63) is 23.7 Å². The van der Waals surface area contributed by atoms with E-state index in [2.05, 4.69) is 23.2 Å².